The Labute approximate surface area is 103 Å². The Kier molecular flexibility index (Phi) is 5.01. The minimum atomic E-state index is -0.325. The highest BCUT2D eigenvalue weighted by Crippen LogP contribution is 2.23. The number of esters is 1. The molecule has 0 amide bonds. The number of anilines is 1. The Bertz CT molecular complexity index is 388. The molecular weight excluding hydrogens is 214 g/mol. The van der Waals surface area contributed by atoms with Crippen LogP contribution < -0.4 is 5.73 Å². The molecule has 3 heteroatoms. The predicted molar refractivity (Wildman–Crippen MR) is 70.1 cm³/mol. The molecule has 0 bridgehead atoms. The molecule has 0 aliphatic heterocycles. The van der Waals surface area contributed by atoms with Gasteiger partial charge in [-0.15, -0.1) is 0 Å². The number of hydrogen-bond acceptors (Lipinski definition) is 3. The van der Waals surface area contributed by atoms with Crippen molar-refractivity contribution in [3.05, 3.63) is 29.3 Å². The lowest BCUT2D eigenvalue weighted by Crippen LogP contribution is -2.10. The molecule has 1 aromatic rings. The molecule has 0 spiro atoms. The maximum Gasteiger partial charge on any atom is 0.340 e. The van der Waals surface area contributed by atoms with Crippen LogP contribution >= 0.6 is 0 Å². The van der Waals surface area contributed by atoms with Gasteiger partial charge >= 0.3 is 5.97 Å². The second kappa shape index (κ2) is 6.28. The molecular formula is C14H21NO2. The fourth-order valence-corrected chi connectivity index (χ4v) is 1.57. The highest BCUT2D eigenvalue weighted by Gasteiger charge is 2.13. The molecule has 1 rings (SSSR count). The number of carbonyl (C=O) groups is 1. The van der Waals surface area contributed by atoms with Crippen LogP contribution in [0.2, 0.25) is 0 Å². The summed E-state index contributed by atoms with van der Waals surface area (Å²) in [6.07, 6.45) is 1.85. The first-order chi connectivity index (χ1) is 8.10. The summed E-state index contributed by atoms with van der Waals surface area (Å²) in [5.41, 5.74) is 7.90. The van der Waals surface area contributed by atoms with E-state index in [2.05, 4.69) is 13.8 Å². The van der Waals surface area contributed by atoms with Crippen molar-refractivity contribution in [1.29, 1.82) is 0 Å². The van der Waals surface area contributed by atoms with Crippen LogP contribution in [0, 0.1) is 0 Å². The van der Waals surface area contributed by atoms with Crippen molar-refractivity contribution in [3.63, 3.8) is 0 Å². The Morgan fingerprint density at radius 3 is 2.71 bits per heavy atom. The fraction of sp³-hybridized carbons (Fsp3) is 0.500. The van der Waals surface area contributed by atoms with Crippen molar-refractivity contribution >= 4 is 11.7 Å². The maximum atomic E-state index is 11.8. The molecule has 1 unspecified atom stereocenters. The molecule has 3 nitrogen and oxygen atoms in total. The zero-order valence-electron chi connectivity index (χ0n) is 10.8. The zero-order chi connectivity index (χ0) is 12.8. The van der Waals surface area contributed by atoms with Crippen LogP contribution in [0.3, 0.4) is 0 Å². The average molecular weight is 235 g/mol. The highest BCUT2D eigenvalue weighted by molar-refractivity contribution is 5.95. The van der Waals surface area contributed by atoms with E-state index in [1.807, 2.05) is 19.1 Å². The number of hydrogen-bond donors (Lipinski definition) is 1. The molecule has 0 saturated carbocycles. The van der Waals surface area contributed by atoms with E-state index >= 15 is 0 Å². The summed E-state index contributed by atoms with van der Waals surface area (Å²) in [5.74, 6) is 0.0998. The van der Waals surface area contributed by atoms with E-state index in [4.69, 9.17) is 10.5 Å². The molecule has 0 radical (unpaired) electrons. The number of rotatable bonds is 5. The Morgan fingerprint density at radius 2 is 2.12 bits per heavy atom. The lowest BCUT2D eigenvalue weighted by molar-refractivity contribution is 0.0506. The van der Waals surface area contributed by atoms with Crippen LogP contribution in [-0.4, -0.2) is 12.6 Å². The van der Waals surface area contributed by atoms with Crippen molar-refractivity contribution < 1.29 is 9.53 Å². The number of benzene rings is 1. The van der Waals surface area contributed by atoms with Gasteiger partial charge in [0.25, 0.3) is 0 Å². The first-order valence-electron chi connectivity index (χ1n) is 6.16. The Morgan fingerprint density at radius 1 is 1.41 bits per heavy atom. The van der Waals surface area contributed by atoms with Gasteiger partial charge in [0.05, 0.1) is 12.2 Å². The van der Waals surface area contributed by atoms with Gasteiger partial charge < -0.3 is 10.5 Å². The van der Waals surface area contributed by atoms with Gasteiger partial charge in [-0.3, -0.25) is 0 Å². The molecule has 94 valence electrons. The van der Waals surface area contributed by atoms with Gasteiger partial charge in [-0.2, -0.15) is 0 Å². The molecule has 2 N–H and O–H groups in total. The number of carbonyl (C=O) groups excluding carboxylic acids is 1. The summed E-state index contributed by atoms with van der Waals surface area (Å²) >= 11 is 0. The van der Waals surface area contributed by atoms with Crippen LogP contribution in [0.4, 0.5) is 5.69 Å². The molecule has 0 saturated heterocycles. The number of ether oxygens (including phenoxy) is 1. The smallest absolute Gasteiger partial charge is 0.340 e. The van der Waals surface area contributed by atoms with E-state index in [-0.39, 0.29) is 5.97 Å². The van der Waals surface area contributed by atoms with Gasteiger partial charge in [0.1, 0.15) is 0 Å². The quantitative estimate of drug-likeness (QED) is 0.629. The summed E-state index contributed by atoms with van der Waals surface area (Å²) in [6.45, 7) is 6.65. The van der Waals surface area contributed by atoms with Gasteiger partial charge in [0.2, 0.25) is 0 Å². The summed E-state index contributed by atoms with van der Waals surface area (Å²) < 4.78 is 5.11. The van der Waals surface area contributed by atoms with Crippen LogP contribution in [0.1, 0.15) is 55.5 Å². The third-order valence-corrected chi connectivity index (χ3v) is 2.92. The second-order valence-electron chi connectivity index (χ2n) is 4.29. The Hall–Kier alpha value is -1.51. The number of nitrogen functional groups attached to an aromatic ring is 1. The molecule has 0 aromatic heterocycles. The third kappa shape index (κ3) is 3.48. The van der Waals surface area contributed by atoms with Gasteiger partial charge in [-0.1, -0.05) is 26.8 Å². The topological polar surface area (TPSA) is 52.3 Å². The highest BCUT2D eigenvalue weighted by atomic mass is 16.5. The summed E-state index contributed by atoms with van der Waals surface area (Å²) in [4.78, 5) is 11.8. The van der Waals surface area contributed by atoms with Crippen LogP contribution in [-0.2, 0) is 4.74 Å². The first-order valence-corrected chi connectivity index (χ1v) is 6.16. The molecule has 0 aliphatic carbocycles. The second-order valence-corrected chi connectivity index (χ2v) is 4.29. The first kappa shape index (κ1) is 13.6. The lowest BCUT2D eigenvalue weighted by atomic mass is 9.96. The molecule has 1 atom stereocenters. The van der Waals surface area contributed by atoms with Gasteiger partial charge in [-0.05, 0) is 36.5 Å². The van der Waals surface area contributed by atoms with Crippen molar-refractivity contribution in [2.45, 2.75) is 39.5 Å². The van der Waals surface area contributed by atoms with Gasteiger partial charge in [0.15, 0.2) is 0 Å². The normalized spacial score (nSPS) is 12.2. The van der Waals surface area contributed by atoms with E-state index in [0.29, 0.717) is 23.8 Å². The fourth-order valence-electron chi connectivity index (χ4n) is 1.57. The summed E-state index contributed by atoms with van der Waals surface area (Å²) in [6, 6.07) is 5.60. The van der Waals surface area contributed by atoms with Crippen LogP contribution in [0.15, 0.2) is 18.2 Å². The zero-order valence-corrected chi connectivity index (χ0v) is 10.8. The maximum absolute atomic E-state index is 11.8. The third-order valence-electron chi connectivity index (χ3n) is 2.92. The molecule has 17 heavy (non-hydrogen) atoms. The van der Waals surface area contributed by atoms with E-state index in [0.717, 1.165) is 18.4 Å². The van der Waals surface area contributed by atoms with Crippen LogP contribution in [0.25, 0.3) is 0 Å². The number of nitrogens with two attached hydrogens (primary N) is 1. The van der Waals surface area contributed by atoms with Crippen molar-refractivity contribution in [3.8, 4) is 0 Å². The van der Waals surface area contributed by atoms with Crippen molar-refractivity contribution in [2.24, 2.45) is 0 Å². The van der Waals surface area contributed by atoms with E-state index in [1.54, 1.807) is 6.07 Å². The van der Waals surface area contributed by atoms with Gasteiger partial charge in [0, 0.05) is 5.69 Å². The van der Waals surface area contributed by atoms with Gasteiger partial charge in [-0.25, -0.2) is 4.79 Å². The Balaban J connectivity index is 2.93. The molecule has 0 aliphatic rings. The van der Waals surface area contributed by atoms with E-state index < -0.39 is 0 Å². The summed E-state index contributed by atoms with van der Waals surface area (Å²) in [7, 11) is 0. The monoisotopic (exact) mass is 235 g/mol. The van der Waals surface area contributed by atoms with Crippen LogP contribution in [0.5, 0.6) is 0 Å². The van der Waals surface area contributed by atoms with E-state index in [1.165, 1.54) is 0 Å². The molecule has 1 aromatic carbocycles. The van der Waals surface area contributed by atoms with Crippen molar-refractivity contribution in [1.82, 2.24) is 0 Å². The largest absolute Gasteiger partial charge is 0.462 e. The minimum Gasteiger partial charge on any atom is -0.462 e. The lowest BCUT2D eigenvalue weighted by Gasteiger charge is -2.12. The summed E-state index contributed by atoms with van der Waals surface area (Å²) in [5, 5.41) is 0. The average Bonchev–Trinajstić information content (AvgIpc) is 2.35. The van der Waals surface area contributed by atoms with Crippen molar-refractivity contribution in [2.75, 3.05) is 12.3 Å². The minimum absolute atomic E-state index is 0.325. The predicted octanol–water partition coefficient (Wildman–Crippen LogP) is 3.35. The SMILES string of the molecule is CCCOC(=O)c1cc(C(C)CC)ccc1N. The molecule has 0 heterocycles. The molecule has 0 fully saturated rings. The van der Waals surface area contributed by atoms with E-state index in [9.17, 15) is 4.79 Å². The standard InChI is InChI=1S/C14H21NO2/c1-4-8-17-14(16)12-9-11(10(3)5-2)6-7-13(12)15/h6-7,9-10H,4-5,8,15H2,1-3H3.